The van der Waals surface area contributed by atoms with Crippen molar-refractivity contribution < 1.29 is 29.4 Å². The van der Waals surface area contributed by atoms with Crippen LogP contribution >= 0.6 is 0 Å². The van der Waals surface area contributed by atoms with Gasteiger partial charge in [-0.1, -0.05) is 13.8 Å². The van der Waals surface area contributed by atoms with E-state index >= 15 is 0 Å². The molecule has 0 aromatic rings. The van der Waals surface area contributed by atoms with E-state index in [-0.39, 0.29) is 12.5 Å². The number of aliphatic hydroxyl groups is 1. The number of nitrogens with two attached hydrogens (primary N) is 1. The quantitative estimate of drug-likeness (QED) is 0.269. The Bertz CT molecular complexity index is 480. The van der Waals surface area contributed by atoms with Gasteiger partial charge in [-0.15, -0.1) is 0 Å². The van der Waals surface area contributed by atoms with Gasteiger partial charge in [0.1, 0.15) is 6.04 Å². The topological polar surface area (TPSA) is 171 Å². The number of hydrogen-bond donors (Lipinski definition) is 6. The van der Waals surface area contributed by atoms with Gasteiger partial charge in [-0.3, -0.25) is 14.4 Å². The van der Waals surface area contributed by atoms with Crippen molar-refractivity contribution in [1.82, 2.24) is 16.0 Å². The molecule has 138 valence electrons. The van der Waals surface area contributed by atoms with Crippen LogP contribution in [0.3, 0.4) is 0 Å². The maximum atomic E-state index is 11.8. The summed E-state index contributed by atoms with van der Waals surface area (Å²) < 4.78 is 0. The number of rotatable bonds is 9. The highest BCUT2D eigenvalue weighted by atomic mass is 16.4. The second kappa shape index (κ2) is 9.83. The highest BCUT2D eigenvalue weighted by Gasteiger charge is 2.27. The van der Waals surface area contributed by atoms with Crippen molar-refractivity contribution in [2.24, 2.45) is 11.7 Å². The van der Waals surface area contributed by atoms with Crippen LogP contribution in [0.2, 0.25) is 0 Å². The third-order valence-electron chi connectivity index (χ3n) is 3.26. The monoisotopic (exact) mass is 346 g/mol. The standard InChI is InChI=1S/C14H26N4O6/c1-6(2)10(15)13(22)16-5-9(20)17-7(3)12(21)18-11(8(4)19)14(23)24/h6-8,10-11,19H,5,15H2,1-4H3,(H,16,22)(H,17,20)(H,18,21)(H,23,24). The fraction of sp³-hybridized carbons (Fsp3) is 0.714. The summed E-state index contributed by atoms with van der Waals surface area (Å²) in [6, 6.07) is -3.28. The van der Waals surface area contributed by atoms with Crippen molar-refractivity contribution in [3.8, 4) is 0 Å². The average Bonchev–Trinajstić information content (AvgIpc) is 2.47. The Hall–Kier alpha value is -2.20. The van der Waals surface area contributed by atoms with Crippen LogP contribution in [0.25, 0.3) is 0 Å². The molecule has 0 saturated carbocycles. The first-order valence-corrected chi connectivity index (χ1v) is 7.51. The predicted molar refractivity (Wildman–Crippen MR) is 84.7 cm³/mol. The van der Waals surface area contributed by atoms with E-state index in [4.69, 9.17) is 10.8 Å². The Balaban J connectivity index is 4.42. The second-order valence-electron chi connectivity index (χ2n) is 5.84. The number of amides is 3. The smallest absolute Gasteiger partial charge is 0.328 e. The van der Waals surface area contributed by atoms with Gasteiger partial charge in [-0.05, 0) is 19.8 Å². The molecule has 24 heavy (non-hydrogen) atoms. The summed E-state index contributed by atoms with van der Waals surface area (Å²) in [5, 5.41) is 24.9. The van der Waals surface area contributed by atoms with E-state index in [1.165, 1.54) is 13.8 Å². The van der Waals surface area contributed by atoms with Crippen LogP contribution in [0.4, 0.5) is 0 Å². The first-order valence-electron chi connectivity index (χ1n) is 7.51. The molecule has 0 bridgehead atoms. The van der Waals surface area contributed by atoms with E-state index in [0.717, 1.165) is 0 Å². The van der Waals surface area contributed by atoms with E-state index in [0.29, 0.717) is 0 Å². The zero-order valence-electron chi connectivity index (χ0n) is 14.2. The molecule has 0 saturated heterocycles. The molecule has 0 aliphatic heterocycles. The number of hydrogen-bond acceptors (Lipinski definition) is 6. The summed E-state index contributed by atoms with van der Waals surface area (Å²) in [6.45, 7) is 5.72. The number of nitrogens with one attached hydrogen (secondary N) is 3. The zero-order valence-corrected chi connectivity index (χ0v) is 14.2. The van der Waals surface area contributed by atoms with E-state index < -0.39 is 47.9 Å². The summed E-state index contributed by atoms with van der Waals surface area (Å²) in [7, 11) is 0. The summed E-state index contributed by atoms with van der Waals surface area (Å²) in [5.41, 5.74) is 5.62. The summed E-state index contributed by atoms with van der Waals surface area (Å²) in [5.74, 6) is -3.39. The van der Waals surface area contributed by atoms with Crippen LogP contribution in [0, 0.1) is 5.92 Å². The maximum absolute atomic E-state index is 11.8. The number of carbonyl (C=O) groups is 4. The van der Waals surface area contributed by atoms with Gasteiger partial charge in [-0.25, -0.2) is 4.79 Å². The zero-order chi connectivity index (χ0) is 19.0. The number of aliphatic hydroxyl groups excluding tert-OH is 1. The lowest BCUT2D eigenvalue weighted by Gasteiger charge is -2.20. The summed E-state index contributed by atoms with van der Waals surface area (Å²) in [4.78, 5) is 46.0. The molecule has 10 heteroatoms. The molecule has 0 radical (unpaired) electrons. The first-order chi connectivity index (χ1) is 11.0. The minimum atomic E-state index is -1.49. The Morgan fingerprint density at radius 3 is 1.96 bits per heavy atom. The minimum absolute atomic E-state index is 0.0915. The Morgan fingerprint density at radius 2 is 1.54 bits per heavy atom. The van der Waals surface area contributed by atoms with E-state index in [1.54, 1.807) is 13.8 Å². The molecule has 3 amide bonds. The summed E-state index contributed by atoms with van der Waals surface area (Å²) in [6.07, 6.45) is -1.30. The van der Waals surface area contributed by atoms with Crippen molar-refractivity contribution in [2.75, 3.05) is 6.54 Å². The lowest BCUT2D eigenvalue weighted by molar-refractivity contribution is -0.145. The van der Waals surface area contributed by atoms with Crippen molar-refractivity contribution in [3.63, 3.8) is 0 Å². The first kappa shape index (κ1) is 21.8. The molecular formula is C14H26N4O6. The van der Waals surface area contributed by atoms with Gasteiger partial charge in [-0.2, -0.15) is 0 Å². The lowest BCUT2D eigenvalue weighted by Crippen LogP contribution is -2.55. The van der Waals surface area contributed by atoms with Crippen LogP contribution in [0.15, 0.2) is 0 Å². The van der Waals surface area contributed by atoms with Gasteiger partial charge in [0.15, 0.2) is 6.04 Å². The van der Waals surface area contributed by atoms with Crippen molar-refractivity contribution in [2.45, 2.75) is 51.9 Å². The Labute approximate surface area is 140 Å². The van der Waals surface area contributed by atoms with Gasteiger partial charge < -0.3 is 31.9 Å². The average molecular weight is 346 g/mol. The second-order valence-corrected chi connectivity index (χ2v) is 5.84. The molecule has 10 nitrogen and oxygen atoms in total. The highest BCUT2D eigenvalue weighted by molar-refractivity contribution is 5.92. The maximum Gasteiger partial charge on any atom is 0.328 e. The van der Waals surface area contributed by atoms with Crippen LogP contribution in [0.5, 0.6) is 0 Å². The third kappa shape index (κ3) is 7.38. The third-order valence-corrected chi connectivity index (χ3v) is 3.26. The van der Waals surface area contributed by atoms with Crippen LogP contribution in [-0.2, 0) is 19.2 Å². The van der Waals surface area contributed by atoms with Crippen LogP contribution in [0.1, 0.15) is 27.7 Å². The highest BCUT2D eigenvalue weighted by Crippen LogP contribution is 1.97. The summed E-state index contributed by atoms with van der Waals surface area (Å²) >= 11 is 0. The SMILES string of the molecule is CC(NC(=O)CNC(=O)C(N)C(C)C)C(=O)NC(C(=O)O)C(C)O. The molecule has 0 aliphatic carbocycles. The van der Waals surface area contributed by atoms with Crippen LogP contribution < -0.4 is 21.7 Å². The molecule has 0 heterocycles. The molecular weight excluding hydrogens is 320 g/mol. The van der Waals surface area contributed by atoms with E-state index in [9.17, 15) is 24.3 Å². The van der Waals surface area contributed by atoms with E-state index in [1.807, 2.05) is 0 Å². The number of carboxylic acids is 1. The number of carbonyl (C=O) groups excluding carboxylic acids is 3. The molecule has 7 N–H and O–H groups in total. The molecule has 0 aromatic heterocycles. The van der Waals surface area contributed by atoms with Gasteiger partial charge in [0.05, 0.1) is 18.7 Å². The van der Waals surface area contributed by atoms with Crippen molar-refractivity contribution in [1.29, 1.82) is 0 Å². The van der Waals surface area contributed by atoms with Gasteiger partial charge in [0, 0.05) is 0 Å². The minimum Gasteiger partial charge on any atom is -0.480 e. The fourth-order valence-corrected chi connectivity index (χ4v) is 1.61. The van der Waals surface area contributed by atoms with Crippen LogP contribution in [-0.4, -0.2) is 64.7 Å². The molecule has 0 fully saturated rings. The Morgan fingerprint density at radius 1 is 1.00 bits per heavy atom. The van der Waals surface area contributed by atoms with Crippen molar-refractivity contribution in [3.05, 3.63) is 0 Å². The lowest BCUT2D eigenvalue weighted by atomic mass is 10.1. The normalized spacial score (nSPS) is 15.8. The number of aliphatic carboxylic acids is 1. The molecule has 0 aliphatic rings. The van der Waals surface area contributed by atoms with Gasteiger partial charge in [0.2, 0.25) is 17.7 Å². The fourth-order valence-electron chi connectivity index (χ4n) is 1.61. The molecule has 0 spiro atoms. The molecule has 4 unspecified atom stereocenters. The number of carboxylic acid groups (broad SMARTS) is 1. The molecule has 4 atom stereocenters. The largest absolute Gasteiger partial charge is 0.480 e. The molecule has 0 rings (SSSR count). The van der Waals surface area contributed by atoms with Crippen molar-refractivity contribution >= 4 is 23.7 Å². The molecule has 0 aromatic carbocycles. The Kier molecular flexibility index (Phi) is 8.93. The van der Waals surface area contributed by atoms with E-state index in [2.05, 4.69) is 16.0 Å². The van der Waals surface area contributed by atoms with Gasteiger partial charge >= 0.3 is 5.97 Å². The predicted octanol–water partition coefficient (Wildman–Crippen LogP) is -2.46. The van der Waals surface area contributed by atoms with Gasteiger partial charge in [0.25, 0.3) is 0 Å².